The van der Waals surface area contributed by atoms with Crippen molar-refractivity contribution in [3.8, 4) is 0 Å². The summed E-state index contributed by atoms with van der Waals surface area (Å²) in [6.07, 6.45) is -4.42. The Labute approximate surface area is 89.5 Å². The van der Waals surface area contributed by atoms with Crippen LogP contribution in [0.15, 0.2) is 23.2 Å². The molecular weight excluding hydrogens is 227 g/mol. The first kappa shape index (κ1) is 12.3. The summed E-state index contributed by atoms with van der Waals surface area (Å²) >= 11 is 1.11. The number of rotatable bonds is 3. The SMILES string of the molecule is CC(CO)Sc1cccc(C(F)(F)F)n1. The quantitative estimate of drug-likeness (QED) is 0.820. The van der Waals surface area contributed by atoms with Crippen LogP contribution >= 0.6 is 11.8 Å². The first-order valence-corrected chi connectivity index (χ1v) is 5.13. The highest BCUT2D eigenvalue weighted by Crippen LogP contribution is 2.29. The van der Waals surface area contributed by atoms with Crippen molar-refractivity contribution in [2.75, 3.05) is 6.61 Å². The van der Waals surface area contributed by atoms with Crippen LogP contribution in [-0.2, 0) is 6.18 Å². The Kier molecular flexibility index (Phi) is 3.98. The number of nitrogens with zero attached hydrogens (tertiary/aromatic N) is 1. The van der Waals surface area contributed by atoms with E-state index < -0.39 is 11.9 Å². The number of alkyl halides is 3. The van der Waals surface area contributed by atoms with Crippen molar-refractivity contribution < 1.29 is 18.3 Å². The van der Waals surface area contributed by atoms with Crippen LogP contribution in [0.25, 0.3) is 0 Å². The summed E-state index contributed by atoms with van der Waals surface area (Å²) in [6, 6.07) is 3.72. The number of hydrogen-bond acceptors (Lipinski definition) is 3. The van der Waals surface area contributed by atoms with E-state index in [4.69, 9.17) is 5.11 Å². The molecule has 0 fully saturated rings. The minimum atomic E-state index is -4.42. The highest BCUT2D eigenvalue weighted by atomic mass is 32.2. The molecule has 0 saturated heterocycles. The van der Waals surface area contributed by atoms with Gasteiger partial charge in [-0.25, -0.2) is 4.98 Å². The molecule has 2 nitrogen and oxygen atoms in total. The number of pyridine rings is 1. The Morgan fingerprint density at radius 1 is 1.47 bits per heavy atom. The largest absolute Gasteiger partial charge is 0.433 e. The van der Waals surface area contributed by atoms with Crippen LogP contribution in [-0.4, -0.2) is 21.9 Å². The predicted octanol–water partition coefficient (Wildman–Crippen LogP) is 2.57. The van der Waals surface area contributed by atoms with Crippen molar-refractivity contribution in [3.63, 3.8) is 0 Å². The second kappa shape index (κ2) is 4.85. The zero-order chi connectivity index (χ0) is 11.5. The standard InChI is InChI=1S/C9H10F3NOS/c1-6(5-14)15-8-4-2-3-7(13-8)9(10,11)12/h2-4,6,14H,5H2,1H3. The highest BCUT2D eigenvalue weighted by molar-refractivity contribution is 7.99. The molecule has 0 aliphatic carbocycles. The summed E-state index contributed by atoms with van der Waals surface area (Å²) in [5.41, 5.74) is -0.905. The molecule has 1 unspecified atom stereocenters. The van der Waals surface area contributed by atoms with Gasteiger partial charge in [-0.2, -0.15) is 13.2 Å². The van der Waals surface area contributed by atoms with Crippen LogP contribution < -0.4 is 0 Å². The van der Waals surface area contributed by atoms with Gasteiger partial charge in [-0.3, -0.25) is 0 Å². The molecule has 15 heavy (non-hydrogen) atoms. The predicted molar refractivity (Wildman–Crippen MR) is 51.6 cm³/mol. The maximum absolute atomic E-state index is 12.3. The molecule has 0 bridgehead atoms. The van der Waals surface area contributed by atoms with Crippen LogP contribution in [0.5, 0.6) is 0 Å². The van der Waals surface area contributed by atoms with Gasteiger partial charge in [0.25, 0.3) is 0 Å². The van der Waals surface area contributed by atoms with Crippen LogP contribution in [0.3, 0.4) is 0 Å². The third-order valence-electron chi connectivity index (χ3n) is 1.59. The second-order valence-corrected chi connectivity index (χ2v) is 4.43. The third-order valence-corrected chi connectivity index (χ3v) is 2.61. The number of halogens is 3. The van der Waals surface area contributed by atoms with Gasteiger partial charge in [0.05, 0.1) is 11.6 Å². The van der Waals surface area contributed by atoms with Gasteiger partial charge in [0.15, 0.2) is 0 Å². The zero-order valence-electron chi connectivity index (χ0n) is 7.95. The molecule has 0 saturated carbocycles. The fourth-order valence-electron chi connectivity index (χ4n) is 0.882. The molecule has 1 atom stereocenters. The van der Waals surface area contributed by atoms with Gasteiger partial charge in [0, 0.05) is 5.25 Å². The molecule has 0 aliphatic rings. The van der Waals surface area contributed by atoms with E-state index in [-0.39, 0.29) is 16.9 Å². The summed E-state index contributed by atoms with van der Waals surface area (Å²) in [7, 11) is 0. The normalized spacial score (nSPS) is 13.9. The number of thioether (sulfide) groups is 1. The fraction of sp³-hybridized carbons (Fsp3) is 0.444. The lowest BCUT2D eigenvalue weighted by Gasteiger charge is -2.09. The molecule has 1 rings (SSSR count). The van der Waals surface area contributed by atoms with Crippen molar-refractivity contribution in [2.24, 2.45) is 0 Å². The smallest absolute Gasteiger partial charge is 0.395 e. The van der Waals surface area contributed by atoms with E-state index in [1.54, 1.807) is 6.92 Å². The van der Waals surface area contributed by atoms with Crippen LogP contribution in [0, 0.1) is 0 Å². The summed E-state index contributed by atoms with van der Waals surface area (Å²) in [4.78, 5) is 3.46. The van der Waals surface area contributed by atoms with Gasteiger partial charge >= 0.3 is 6.18 Å². The van der Waals surface area contributed by atoms with Crippen LogP contribution in [0.1, 0.15) is 12.6 Å². The summed E-state index contributed by atoms with van der Waals surface area (Å²) in [5, 5.41) is 8.86. The van der Waals surface area contributed by atoms with Crippen molar-refractivity contribution in [1.82, 2.24) is 4.98 Å². The van der Waals surface area contributed by atoms with E-state index in [1.807, 2.05) is 0 Å². The summed E-state index contributed by atoms with van der Waals surface area (Å²) in [5.74, 6) is 0. The van der Waals surface area contributed by atoms with E-state index in [2.05, 4.69) is 4.98 Å². The Morgan fingerprint density at radius 3 is 2.67 bits per heavy atom. The lowest BCUT2D eigenvalue weighted by molar-refractivity contribution is -0.141. The average molecular weight is 237 g/mol. The molecule has 0 aliphatic heterocycles. The maximum Gasteiger partial charge on any atom is 0.433 e. The first-order valence-electron chi connectivity index (χ1n) is 4.25. The maximum atomic E-state index is 12.3. The van der Waals surface area contributed by atoms with Gasteiger partial charge in [-0.1, -0.05) is 13.0 Å². The lowest BCUT2D eigenvalue weighted by Crippen LogP contribution is -2.09. The topological polar surface area (TPSA) is 33.1 Å². The van der Waals surface area contributed by atoms with E-state index in [0.29, 0.717) is 0 Å². The van der Waals surface area contributed by atoms with Crippen molar-refractivity contribution in [3.05, 3.63) is 23.9 Å². The van der Waals surface area contributed by atoms with E-state index in [9.17, 15) is 13.2 Å². The second-order valence-electron chi connectivity index (χ2n) is 2.97. The zero-order valence-corrected chi connectivity index (χ0v) is 8.77. The van der Waals surface area contributed by atoms with Crippen molar-refractivity contribution in [1.29, 1.82) is 0 Å². The molecule has 0 radical (unpaired) electrons. The van der Waals surface area contributed by atoms with Crippen molar-refractivity contribution in [2.45, 2.75) is 23.4 Å². The number of aliphatic hydroxyl groups excluding tert-OH is 1. The number of aromatic nitrogens is 1. The summed E-state index contributed by atoms with van der Waals surface area (Å²) in [6.45, 7) is 1.62. The monoisotopic (exact) mass is 237 g/mol. The van der Waals surface area contributed by atoms with Crippen LogP contribution in [0.4, 0.5) is 13.2 Å². The molecule has 0 spiro atoms. The molecular formula is C9H10F3NOS. The van der Waals surface area contributed by atoms with Gasteiger partial charge in [-0.05, 0) is 12.1 Å². The van der Waals surface area contributed by atoms with E-state index in [1.165, 1.54) is 12.1 Å². The fourth-order valence-corrected chi connectivity index (χ4v) is 1.68. The molecule has 1 aromatic rings. The van der Waals surface area contributed by atoms with Gasteiger partial charge in [0.1, 0.15) is 5.69 Å². The Bertz CT molecular complexity index is 329. The van der Waals surface area contributed by atoms with Gasteiger partial charge < -0.3 is 5.11 Å². The number of aliphatic hydroxyl groups is 1. The Balaban J connectivity index is 2.84. The lowest BCUT2D eigenvalue weighted by atomic mass is 10.3. The van der Waals surface area contributed by atoms with E-state index in [0.717, 1.165) is 17.8 Å². The third kappa shape index (κ3) is 3.71. The molecule has 6 heteroatoms. The molecule has 84 valence electrons. The average Bonchev–Trinajstić information content (AvgIpc) is 2.17. The molecule has 1 heterocycles. The Hall–Kier alpha value is -0.750. The van der Waals surface area contributed by atoms with Gasteiger partial charge in [-0.15, -0.1) is 11.8 Å². The minimum Gasteiger partial charge on any atom is -0.395 e. The van der Waals surface area contributed by atoms with Gasteiger partial charge in [0.2, 0.25) is 0 Å². The Morgan fingerprint density at radius 2 is 2.13 bits per heavy atom. The molecule has 1 N–H and O–H groups in total. The minimum absolute atomic E-state index is 0.0947. The first-order chi connectivity index (χ1) is 6.93. The highest BCUT2D eigenvalue weighted by Gasteiger charge is 2.32. The number of hydrogen-bond donors (Lipinski definition) is 1. The molecule has 0 amide bonds. The van der Waals surface area contributed by atoms with Crippen molar-refractivity contribution >= 4 is 11.8 Å². The van der Waals surface area contributed by atoms with E-state index >= 15 is 0 Å². The molecule has 1 aromatic heterocycles. The molecule has 0 aromatic carbocycles. The van der Waals surface area contributed by atoms with Crippen LogP contribution in [0.2, 0.25) is 0 Å². The summed E-state index contributed by atoms with van der Waals surface area (Å²) < 4.78 is 36.8.